The van der Waals surface area contributed by atoms with Crippen molar-refractivity contribution >= 4 is 11.6 Å². The minimum Gasteiger partial charge on any atom is -0.325 e. The van der Waals surface area contributed by atoms with Crippen LogP contribution < -0.4 is 16.6 Å². The van der Waals surface area contributed by atoms with Crippen molar-refractivity contribution in [1.82, 2.24) is 10.2 Å². The number of hydrogen-bond acceptors (Lipinski definition) is 3. The molecule has 2 rings (SSSR count). The van der Waals surface area contributed by atoms with Gasteiger partial charge >= 0.3 is 0 Å². The maximum absolute atomic E-state index is 11.6. The topological polar surface area (TPSA) is 104 Å². The lowest BCUT2D eigenvalue weighted by Crippen LogP contribution is -2.34. The highest BCUT2D eigenvalue weighted by Gasteiger charge is 2.10. The number of nitrogens with two attached hydrogens (primary N) is 1. The molecule has 0 aliphatic heterocycles. The molecule has 1 aromatic carbocycles. The van der Waals surface area contributed by atoms with Gasteiger partial charge in [0.1, 0.15) is 0 Å². The van der Waals surface area contributed by atoms with Crippen molar-refractivity contribution in [2.24, 2.45) is 5.73 Å². The highest BCUT2D eigenvalue weighted by atomic mass is 16.2. The Balaban J connectivity index is 2.11. The Labute approximate surface area is 110 Å². The summed E-state index contributed by atoms with van der Waals surface area (Å²) in [5.74, 6) is -0.203. The number of hydrogen-bond donors (Lipinski definition) is 4. The van der Waals surface area contributed by atoms with Crippen LogP contribution in [-0.2, 0) is 4.79 Å². The van der Waals surface area contributed by atoms with Gasteiger partial charge in [-0.2, -0.15) is 0 Å². The zero-order valence-corrected chi connectivity index (χ0v) is 10.6. The van der Waals surface area contributed by atoms with Gasteiger partial charge in [-0.15, -0.1) is 0 Å². The van der Waals surface area contributed by atoms with Crippen molar-refractivity contribution < 1.29 is 4.79 Å². The first kappa shape index (κ1) is 13.1. The Bertz CT molecular complexity index is 612. The minimum atomic E-state index is -0.499. The third-order valence-electron chi connectivity index (χ3n) is 2.84. The summed E-state index contributed by atoms with van der Waals surface area (Å²) >= 11 is 0. The molecule has 2 aromatic rings. The summed E-state index contributed by atoms with van der Waals surface area (Å²) in [5, 5.41) is 7.97. The lowest BCUT2D eigenvalue weighted by Gasteiger charge is -2.10. The first-order valence-corrected chi connectivity index (χ1v) is 6.04. The van der Waals surface area contributed by atoms with E-state index in [9.17, 15) is 9.59 Å². The SMILES string of the molecule is CCC(N)C(=O)Nc1ccc(-c2cc(=O)[nH][nH]2)cc1. The number of benzene rings is 1. The second kappa shape index (κ2) is 5.53. The van der Waals surface area contributed by atoms with Gasteiger partial charge < -0.3 is 11.1 Å². The summed E-state index contributed by atoms with van der Waals surface area (Å²) in [6.45, 7) is 1.86. The molecule has 1 atom stereocenters. The summed E-state index contributed by atoms with van der Waals surface area (Å²) in [6.07, 6.45) is 0.592. The Kier molecular flexibility index (Phi) is 3.82. The summed E-state index contributed by atoms with van der Waals surface area (Å²) in [7, 11) is 0. The maximum Gasteiger partial charge on any atom is 0.264 e. The van der Waals surface area contributed by atoms with Crippen molar-refractivity contribution in [3.05, 3.63) is 40.7 Å². The molecule has 0 spiro atoms. The van der Waals surface area contributed by atoms with E-state index < -0.39 is 6.04 Å². The number of carbonyl (C=O) groups is 1. The fraction of sp³-hybridized carbons (Fsp3) is 0.231. The summed E-state index contributed by atoms with van der Waals surface area (Å²) in [4.78, 5) is 22.6. The van der Waals surface area contributed by atoms with E-state index in [1.807, 2.05) is 19.1 Å². The molecule has 0 bridgehead atoms. The largest absolute Gasteiger partial charge is 0.325 e. The molecule has 0 saturated carbocycles. The average Bonchev–Trinajstić information content (AvgIpc) is 2.85. The normalized spacial score (nSPS) is 12.1. The van der Waals surface area contributed by atoms with Crippen LogP contribution >= 0.6 is 0 Å². The van der Waals surface area contributed by atoms with Crippen LogP contribution in [0.2, 0.25) is 0 Å². The van der Waals surface area contributed by atoms with Crippen LogP contribution in [0.15, 0.2) is 35.1 Å². The predicted molar refractivity (Wildman–Crippen MR) is 73.7 cm³/mol. The first-order chi connectivity index (χ1) is 9.10. The van der Waals surface area contributed by atoms with Gasteiger partial charge in [0, 0.05) is 11.8 Å². The predicted octanol–water partition coefficient (Wildman–Crippen LogP) is 1.05. The van der Waals surface area contributed by atoms with E-state index in [0.29, 0.717) is 17.8 Å². The van der Waals surface area contributed by atoms with Gasteiger partial charge in [-0.25, -0.2) is 0 Å². The van der Waals surface area contributed by atoms with Crippen LogP contribution in [0.5, 0.6) is 0 Å². The van der Waals surface area contributed by atoms with Crippen LogP contribution in [-0.4, -0.2) is 22.1 Å². The number of aromatic nitrogens is 2. The second-order valence-corrected chi connectivity index (χ2v) is 4.25. The van der Waals surface area contributed by atoms with E-state index in [2.05, 4.69) is 15.5 Å². The smallest absolute Gasteiger partial charge is 0.264 e. The third-order valence-corrected chi connectivity index (χ3v) is 2.84. The van der Waals surface area contributed by atoms with E-state index in [4.69, 9.17) is 5.73 Å². The van der Waals surface area contributed by atoms with E-state index in [0.717, 1.165) is 5.56 Å². The Morgan fingerprint density at radius 2 is 2.00 bits per heavy atom. The van der Waals surface area contributed by atoms with Crippen LogP contribution in [0, 0.1) is 0 Å². The van der Waals surface area contributed by atoms with Gasteiger partial charge in [-0.05, 0) is 24.1 Å². The van der Waals surface area contributed by atoms with Gasteiger partial charge in [0.25, 0.3) is 5.56 Å². The number of H-pyrrole nitrogens is 2. The van der Waals surface area contributed by atoms with Gasteiger partial charge in [0.2, 0.25) is 5.91 Å². The highest BCUT2D eigenvalue weighted by molar-refractivity contribution is 5.94. The van der Waals surface area contributed by atoms with Crippen molar-refractivity contribution in [3.8, 4) is 11.3 Å². The third kappa shape index (κ3) is 3.11. The fourth-order valence-corrected chi connectivity index (χ4v) is 1.64. The molecule has 1 aromatic heterocycles. The standard InChI is InChI=1S/C13H16N4O2/c1-2-10(14)13(19)15-9-5-3-8(4-6-9)11-7-12(18)17-16-11/h3-7,10H,2,14H2,1H3,(H,15,19)(H2,16,17,18). The zero-order chi connectivity index (χ0) is 13.8. The summed E-state index contributed by atoms with van der Waals surface area (Å²) in [6, 6.07) is 8.13. The van der Waals surface area contributed by atoms with Crippen LogP contribution in [0.1, 0.15) is 13.3 Å². The number of aromatic amines is 2. The van der Waals surface area contributed by atoms with Crippen molar-refractivity contribution in [2.75, 3.05) is 5.32 Å². The maximum atomic E-state index is 11.6. The van der Waals surface area contributed by atoms with E-state index in [-0.39, 0.29) is 11.5 Å². The Hall–Kier alpha value is -2.34. The lowest BCUT2D eigenvalue weighted by atomic mass is 10.1. The monoisotopic (exact) mass is 260 g/mol. The van der Waals surface area contributed by atoms with Crippen LogP contribution in [0.3, 0.4) is 0 Å². The molecule has 0 fully saturated rings. The molecule has 19 heavy (non-hydrogen) atoms. The Morgan fingerprint density at radius 1 is 1.32 bits per heavy atom. The molecule has 1 amide bonds. The molecule has 0 saturated heterocycles. The molecule has 0 aliphatic rings. The van der Waals surface area contributed by atoms with Crippen LogP contribution in [0.4, 0.5) is 5.69 Å². The van der Waals surface area contributed by atoms with E-state index in [1.54, 1.807) is 12.1 Å². The molecular formula is C13H16N4O2. The molecular weight excluding hydrogens is 244 g/mol. The van der Waals surface area contributed by atoms with E-state index in [1.165, 1.54) is 6.07 Å². The molecule has 100 valence electrons. The van der Waals surface area contributed by atoms with Gasteiger partial charge in [0.15, 0.2) is 0 Å². The molecule has 0 aliphatic carbocycles. The molecule has 6 heteroatoms. The van der Waals surface area contributed by atoms with Crippen molar-refractivity contribution in [1.29, 1.82) is 0 Å². The zero-order valence-electron chi connectivity index (χ0n) is 10.6. The molecule has 0 radical (unpaired) electrons. The summed E-state index contributed by atoms with van der Waals surface area (Å²) < 4.78 is 0. The molecule has 6 nitrogen and oxygen atoms in total. The molecule has 1 heterocycles. The van der Waals surface area contributed by atoms with Gasteiger partial charge in [-0.3, -0.25) is 19.8 Å². The minimum absolute atomic E-state index is 0.179. The summed E-state index contributed by atoms with van der Waals surface area (Å²) in [5.41, 5.74) is 7.69. The van der Waals surface area contributed by atoms with E-state index >= 15 is 0 Å². The van der Waals surface area contributed by atoms with Crippen molar-refractivity contribution in [3.63, 3.8) is 0 Å². The lowest BCUT2D eigenvalue weighted by molar-refractivity contribution is -0.117. The Morgan fingerprint density at radius 3 is 2.53 bits per heavy atom. The number of carbonyl (C=O) groups excluding carboxylic acids is 1. The van der Waals surface area contributed by atoms with Crippen LogP contribution in [0.25, 0.3) is 11.3 Å². The number of amides is 1. The van der Waals surface area contributed by atoms with Gasteiger partial charge in [0.05, 0.1) is 11.7 Å². The number of rotatable bonds is 4. The molecule has 5 N–H and O–H groups in total. The fourth-order valence-electron chi connectivity index (χ4n) is 1.64. The second-order valence-electron chi connectivity index (χ2n) is 4.25. The highest BCUT2D eigenvalue weighted by Crippen LogP contribution is 2.18. The van der Waals surface area contributed by atoms with Gasteiger partial charge in [-0.1, -0.05) is 19.1 Å². The number of anilines is 1. The molecule has 1 unspecified atom stereocenters. The first-order valence-electron chi connectivity index (χ1n) is 6.04. The van der Waals surface area contributed by atoms with Crippen molar-refractivity contribution in [2.45, 2.75) is 19.4 Å². The average molecular weight is 260 g/mol. The quantitative estimate of drug-likeness (QED) is 0.660. The number of nitrogens with one attached hydrogen (secondary N) is 3.